The fourth-order valence-electron chi connectivity index (χ4n) is 4.21. The predicted molar refractivity (Wildman–Crippen MR) is 97.1 cm³/mol. The number of hydrogen-bond donors (Lipinski definition) is 1. The molecule has 0 bridgehead atoms. The summed E-state index contributed by atoms with van der Waals surface area (Å²) in [7, 11) is 0. The maximum absolute atomic E-state index is 13.8. The Bertz CT molecular complexity index is 749. The monoisotopic (exact) mass is 364 g/mol. The lowest BCUT2D eigenvalue weighted by Gasteiger charge is -2.36. The van der Waals surface area contributed by atoms with Crippen molar-refractivity contribution in [2.24, 2.45) is 11.7 Å². The zero-order chi connectivity index (χ0) is 18.1. The van der Waals surface area contributed by atoms with Crippen molar-refractivity contribution in [2.45, 2.75) is 38.1 Å². The molecule has 1 aliphatic heterocycles. The molecule has 2 heterocycles. The van der Waals surface area contributed by atoms with E-state index in [1.54, 1.807) is 0 Å². The normalized spacial score (nSPS) is 25.1. The molecule has 7 heteroatoms. The first-order chi connectivity index (χ1) is 12.6. The van der Waals surface area contributed by atoms with Crippen LogP contribution >= 0.6 is 0 Å². The van der Waals surface area contributed by atoms with E-state index in [1.165, 1.54) is 25.3 Å². The average molecular weight is 364 g/mol. The van der Waals surface area contributed by atoms with Crippen LogP contribution in [0.3, 0.4) is 0 Å². The number of hydrogen-bond acceptors (Lipinski definition) is 5. The minimum Gasteiger partial charge on any atom is -0.351 e. The molecule has 5 nitrogen and oxygen atoms in total. The SMILES string of the molecule is N[C@H]1CC[C@H](CCN2CCN(c3noc4c(F)cc(F)cc34)CC2)CC1. The molecule has 0 atom stereocenters. The van der Waals surface area contributed by atoms with Crippen molar-refractivity contribution in [2.75, 3.05) is 37.6 Å². The van der Waals surface area contributed by atoms with Gasteiger partial charge in [0.2, 0.25) is 5.58 Å². The van der Waals surface area contributed by atoms with Gasteiger partial charge in [0.15, 0.2) is 11.6 Å². The maximum Gasteiger partial charge on any atom is 0.204 e. The molecule has 1 aliphatic carbocycles. The molecule has 1 aromatic heterocycles. The lowest BCUT2D eigenvalue weighted by Crippen LogP contribution is -2.47. The molecule has 1 saturated heterocycles. The zero-order valence-corrected chi connectivity index (χ0v) is 15.0. The van der Waals surface area contributed by atoms with Crippen LogP contribution in [0.1, 0.15) is 32.1 Å². The predicted octanol–water partition coefficient (Wildman–Crippen LogP) is 3.14. The lowest BCUT2D eigenvalue weighted by molar-refractivity contribution is 0.216. The number of rotatable bonds is 4. The summed E-state index contributed by atoms with van der Waals surface area (Å²) in [6, 6.07) is 2.53. The molecule has 2 N–H and O–H groups in total. The third-order valence-electron chi connectivity index (χ3n) is 5.89. The summed E-state index contributed by atoms with van der Waals surface area (Å²) in [6.07, 6.45) is 6.05. The molecule has 0 spiro atoms. The Morgan fingerprint density at radius 2 is 1.81 bits per heavy atom. The van der Waals surface area contributed by atoms with Gasteiger partial charge in [-0.15, -0.1) is 0 Å². The summed E-state index contributed by atoms with van der Waals surface area (Å²) in [5, 5.41) is 4.40. The second-order valence-corrected chi connectivity index (χ2v) is 7.67. The Balaban J connectivity index is 1.32. The van der Waals surface area contributed by atoms with Crippen molar-refractivity contribution in [1.29, 1.82) is 0 Å². The Kier molecular flexibility index (Phi) is 5.09. The molecule has 2 fully saturated rings. The molecular weight excluding hydrogens is 338 g/mol. The molecule has 26 heavy (non-hydrogen) atoms. The molecule has 1 saturated carbocycles. The van der Waals surface area contributed by atoms with Crippen LogP contribution in [0.5, 0.6) is 0 Å². The highest BCUT2D eigenvalue weighted by Gasteiger charge is 2.24. The van der Waals surface area contributed by atoms with E-state index in [9.17, 15) is 8.78 Å². The van der Waals surface area contributed by atoms with Crippen molar-refractivity contribution in [3.8, 4) is 0 Å². The third kappa shape index (κ3) is 3.69. The van der Waals surface area contributed by atoms with E-state index in [-0.39, 0.29) is 5.58 Å². The van der Waals surface area contributed by atoms with Crippen LogP contribution in [0.4, 0.5) is 14.6 Å². The highest BCUT2D eigenvalue weighted by atomic mass is 19.1. The summed E-state index contributed by atoms with van der Waals surface area (Å²) in [6.45, 7) is 4.54. The van der Waals surface area contributed by atoms with Crippen LogP contribution in [-0.4, -0.2) is 48.8 Å². The molecule has 0 amide bonds. The Morgan fingerprint density at radius 1 is 1.08 bits per heavy atom. The number of halogens is 2. The minimum atomic E-state index is -0.704. The lowest BCUT2D eigenvalue weighted by atomic mass is 9.84. The molecule has 0 radical (unpaired) electrons. The third-order valence-corrected chi connectivity index (χ3v) is 5.89. The van der Waals surface area contributed by atoms with Crippen LogP contribution in [0.15, 0.2) is 16.7 Å². The van der Waals surface area contributed by atoms with Crippen molar-refractivity contribution in [3.63, 3.8) is 0 Å². The fraction of sp³-hybridized carbons (Fsp3) is 0.632. The molecular formula is C19H26F2N4O. The van der Waals surface area contributed by atoms with Crippen molar-refractivity contribution >= 4 is 16.8 Å². The van der Waals surface area contributed by atoms with Gasteiger partial charge in [0.1, 0.15) is 5.82 Å². The van der Waals surface area contributed by atoms with Crippen molar-refractivity contribution in [3.05, 3.63) is 23.8 Å². The standard InChI is InChI=1S/C19H26F2N4O/c20-14-11-16-18(17(21)12-14)26-23-19(16)25-9-7-24(8-10-25)6-5-13-1-3-15(22)4-2-13/h11-13,15H,1-10,22H2/t13-,15-. The number of anilines is 1. The average Bonchev–Trinajstić information content (AvgIpc) is 3.06. The molecule has 4 rings (SSSR count). The van der Waals surface area contributed by atoms with Gasteiger partial charge in [-0.2, -0.15) is 0 Å². The largest absolute Gasteiger partial charge is 0.351 e. The fourth-order valence-corrected chi connectivity index (χ4v) is 4.21. The zero-order valence-electron chi connectivity index (χ0n) is 15.0. The highest BCUT2D eigenvalue weighted by molar-refractivity contribution is 5.89. The number of nitrogens with two attached hydrogens (primary N) is 1. The van der Waals surface area contributed by atoms with Crippen molar-refractivity contribution < 1.29 is 13.3 Å². The van der Waals surface area contributed by atoms with Crippen LogP contribution in [0, 0.1) is 17.6 Å². The van der Waals surface area contributed by atoms with Gasteiger partial charge < -0.3 is 15.2 Å². The topological polar surface area (TPSA) is 58.5 Å². The maximum atomic E-state index is 13.8. The summed E-state index contributed by atoms with van der Waals surface area (Å²) < 4.78 is 32.4. The second kappa shape index (κ2) is 7.48. The Hall–Kier alpha value is -1.73. The van der Waals surface area contributed by atoms with Crippen molar-refractivity contribution in [1.82, 2.24) is 10.1 Å². The van der Waals surface area contributed by atoms with Gasteiger partial charge >= 0.3 is 0 Å². The summed E-state index contributed by atoms with van der Waals surface area (Å²) in [4.78, 5) is 4.52. The van der Waals surface area contributed by atoms with Crippen LogP contribution in [0.25, 0.3) is 11.0 Å². The number of piperazine rings is 1. The summed E-state index contributed by atoms with van der Waals surface area (Å²) in [5.41, 5.74) is 6.01. The molecule has 0 unspecified atom stereocenters. The van der Waals surface area contributed by atoms with E-state index in [0.717, 1.165) is 57.5 Å². The summed E-state index contributed by atoms with van der Waals surface area (Å²) >= 11 is 0. The van der Waals surface area contributed by atoms with Crippen LogP contribution in [0.2, 0.25) is 0 Å². The first-order valence-corrected chi connectivity index (χ1v) is 9.57. The van der Waals surface area contributed by atoms with E-state index in [2.05, 4.69) is 15.0 Å². The van der Waals surface area contributed by atoms with Gasteiger partial charge in [-0.05, 0) is 50.6 Å². The smallest absolute Gasteiger partial charge is 0.204 e. The quantitative estimate of drug-likeness (QED) is 0.903. The van der Waals surface area contributed by atoms with Gasteiger partial charge in [-0.3, -0.25) is 4.90 Å². The number of benzene rings is 1. The second-order valence-electron chi connectivity index (χ2n) is 7.67. The van der Waals surface area contributed by atoms with Gasteiger partial charge in [0, 0.05) is 38.3 Å². The Labute approximate surface area is 152 Å². The number of aromatic nitrogens is 1. The summed E-state index contributed by atoms with van der Waals surface area (Å²) in [5.74, 6) is 0.0347. The first-order valence-electron chi connectivity index (χ1n) is 9.57. The van der Waals surface area contributed by atoms with Gasteiger partial charge in [-0.25, -0.2) is 8.78 Å². The first kappa shape index (κ1) is 17.7. The van der Waals surface area contributed by atoms with Crippen LogP contribution in [-0.2, 0) is 0 Å². The van der Waals surface area contributed by atoms with Gasteiger partial charge in [-0.1, -0.05) is 5.16 Å². The molecule has 142 valence electrons. The van der Waals surface area contributed by atoms with E-state index in [4.69, 9.17) is 10.3 Å². The number of fused-ring (bicyclic) bond motifs is 1. The van der Waals surface area contributed by atoms with Gasteiger partial charge in [0.05, 0.1) is 5.39 Å². The van der Waals surface area contributed by atoms with Gasteiger partial charge in [0.25, 0.3) is 0 Å². The van der Waals surface area contributed by atoms with Crippen LogP contribution < -0.4 is 10.6 Å². The molecule has 2 aliphatic rings. The number of nitrogens with zero attached hydrogens (tertiary/aromatic N) is 3. The minimum absolute atomic E-state index is 0.0272. The van der Waals surface area contributed by atoms with E-state index in [0.29, 0.717) is 17.2 Å². The van der Waals surface area contributed by atoms with E-state index >= 15 is 0 Å². The Morgan fingerprint density at radius 3 is 2.54 bits per heavy atom. The highest BCUT2D eigenvalue weighted by Crippen LogP contribution is 2.30. The molecule has 1 aromatic carbocycles. The van der Waals surface area contributed by atoms with E-state index < -0.39 is 11.6 Å². The molecule has 2 aromatic rings. The van der Waals surface area contributed by atoms with E-state index in [1.807, 2.05) is 0 Å².